The summed E-state index contributed by atoms with van der Waals surface area (Å²) in [5.41, 5.74) is 6.43. The Kier molecular flexibility index (Phi) is 3.78. The number of likely N-dealkylation sites (N-methyl/N-ethyl adjacent to an activating group) is 1. The van der Waals surface area contributed by atoms with Gasteiger partial charge in [0, 0.05) is 25.8 Å². The first kappa shape index (κ1) is 13.5. The molecule has 1 amide bonds. The van der Waals surface area contributed by atoms with Crippen molar-refractivity contribution in [3.8, 4) is 0 Å². The summed E-state index contributed by atoms with van der Waals surface area (Å²) in [7, 11) is 1.71. The molecule has 0 aromatic carbocycles. The number of carbonyl (C=O) groups excluding carboxylic acids is 2. The number of anilines is 1. The van der Waals surface area contributed by atoms with E-state index in [0.717, 1.165) is 12.8 Å². The highest BCUT2D eigenvalue weighted by molar-refractivity contribution is 5.91. The molecule has 1 aromatic heterocycles. The zero-order valence-corrected chi connectivity index (χ0v) is 11.3. The molecule has 1 aliphatic carbocycles. The number of nitrogen functional groups attached to an aromatic ring is 1. The van der Waals surface area contributed by atoms with E-state index in [1.807, 2.05) is 6.92 Å². The van der Waals surface area contributed by atoms with Crippen molar-refractivity contribution in [2.45, 2.75) is 25.8 Å². The molecule has 0 bridgehead atoms. The van der Waals surface area contributed by atoms with Crippen molar-refractivity contribution in [3.05, 3.63) is 18.0 Å². The Morgan fingerprint density at radius 2 is 2.21 bits per heavy atom. The van der Waals surface area contributed by atoms with Crippen molar-refractivity contribution in [2.24, 2.45) is 7.05 Å². The van der Waals surface area contributed by atoms with Crippen LogP contribution in [0.15, 0.2) is 12.3 Å². The smallest absolute Gasteiger partial charge is 0.355 e. The molecule has 0 saturated heterocycles. The minimum absolute atomic E-state index is 0.138. The first-order valence-corrected chi connectivity index (χ1v) is 6.41. The normalized spacial score (nSPS) is 14.2. The van der Waals surface area contributed by atoms with E-state index in [9.17, 15) is 9.59 Å². The number of carbonyl (C=O) groups is 2. The van der Waals surface area contributed by atoms with Crippen LogP contribution in [0.2, 0.25) is 0 Å². The van der Waals surface area contributed by atoms with Gasteiger partial charge in [-0.1, -0.05) is 0 Å². The van der Waals surface area contributed by atoms with Crippen LogP contribution >= 0.6 is 0 Å². The Hall–Kier alpha value is -1.98. The number of amides is 1. The fraction of sp³-hybridized carbons (Fsp3) is 0.538. The van der Waals surface area contributed by atoms with Crippen LogP contribution < -0.4 is 5.73 Å². The third kappa shape index (κ3) is 3.07. The van der Waals surface area contributed by atoms with E-state index in [-0.39, 0.29) is 12.5 Å². The highest BCUT2D eigenvalue weighted by Gasteiger charge is 2.31. The number of hydrogen-bond acceptors (Lipinski definition) is 4. The van der Waals surface area contributed by atoms with E-state index in [2.05, 4.69) is 0 Å². The molecule has 2 rings (SSSR count). The van der Waals surface area contributed by atoms with Gasteiger partial charge in [0.2, 0.25) is 0 Å². The van der Waals surface area contributed by atoms with E-state index in [1.54, 1.807) is 22.7 Å². The van der Waals surface area contributed by atoms with Crippen molar-refractivity contribution in [2.75, 3.05) is 18.9 Å². The standard InChI is InChI=1S/C13H19N3O3/c1-3-16(10-4-5-10)12(17)8-19-13(18)11-6-9(14)7-15(11)2/h6-7,10H,3-5,8,14H2,1-2H3. The molecular weight excluding hydrogens is 246 g/mol. The van der Waals surface area contributed by atoms with Crippen molar-refractivity contribution >= 4 is 17.6 Å². The van der Waals surface area contributed by atoms with E-state index in [0.29, 0.717) is 24.0 Å². The third-order valence-corrected chi connectivity index (χ3v) is 3.21. The van der Waals surface area contributed by atoms with Crippen molar-refractivity contribution in [1.29, 1.82) is 0 Å². The van der Waals surface area contributed by atoms with Gasteiger partial charge in [0.1, 0.15) is 5.69 Å². The summed E-state index contributed by atoms with van der Waals surface area (Å²) >= 11 is 0. The minimum Gasteiger partial charge on any atom is -0.451 e. The Morgan fingerprint density at radius 3 is 2.68 bits per heavy atom. The SMILES string of the molecule is CCN(C(=O)COC(=O)c1cc(N)cn1C)C1CC1. The summed E-state index contributed by atoms with van der Waals surface area (Å²) < 4.78 is 6.62. The van der Waals surface area contributed by atoms with E-state index in [4.69, 9.17) is 10.5 Å². The fourth-order valence-corrected chi connectivity index (χ4v) is 2.10. The minimum atomic E-state index is -0.528. The van der Waals surface area contributed by atoms with Gasteiger partial charge in [0.05, 0.1) is 5.69 Å². The molecule has 0 radical (unpaired) electrons. The Labute approximate surface area is 112 Å². The van der Waals surface area contributed by atoms with Crippen LogP contribution in [-0.4, -0.2) is 40.5 Å². The summed E-state index contributed by atoms with van der Waals surface area (Å²) in [4.78, 5) is 25.5. The van der Waals surface area contributed by atoms with Crippen molar-refractivity contribution < 1.29 is 14.3 Å². The van der Waals surface area contributed by atoms with Crippen molar-refractivity contribution in [1.82, 2.24) is 9.47 Å². The maximum atomic E-state index is 11.9. The van der Waals surface area contributed by atoms with Crippen LogP contribution in [0.3, 0.4) is 0 Å². The zero-order valence-electron chi connectivity index (χ0n) is 11.3. The maximum Gasteiger partial charge on any atom is 0.355 e. The average Bonchev–Trinajstić information content (AvgIpc) is 3.12. The van der Waals surface area contributed by atoms with Crippen LogP contribution in [0.25, 0.3) is 0 Å². The lowest BCUT2D eigenvalue weighted by atomic mass is 10.4. The molecular formula is C13H19N3O3. The van der Waals surface area contributed by atoms with Crippen LogP contribution in [-0.2, 0) is 16.6 Å². The molecule has 104 valence electrons. The first-order valence-electron chi connectivity index (χ1n) is 6.41. The average molecular weight is 265 g/mol. The molecule has 0 spiro atoms. The lowest BCUT2D eigenvalue weighted by molar-refractivity contribution is -0.134. The van der Waals surface area contributed by atoms with Gasteiger partial charge in [-0.15, -0.1) is 0 Å². The predicted molar refractivity (Wildman–Crippen MR) is 70.5 cm³/mol. The number of hydrogen-bond donors (Lipinski definition) is 1. The molecule has 1 saturated carbocycles. The Bertz CT molecular complexity index is 491. The van der Waals surface area contributed by atoms with Gasteiger partial charge in [0.15, 0.2) is 6.61 Å². The second-order valence-electron chi connectivity index (χ2n) is 4.76. The quantitative estimate of drug-likeness (QED) is 0.798. The van der Waals surface area contributed by atoms with Crippen molar-refractivity contribution in [3.63, 3.8) is 0 Å². The second kappa shape index (κ2) is 5.34. The molecule has 19 heavy (non-hydrogen) atoms. The monoisotopic (exact) mass is 265 g/mol. The molecule has 6 nitrogen and oxygen atoms in total. The Balaban J connectivity index is 1.89. The van der Waals surface area contributed by atoms with Crippen LogP contribution in [0, 0.1) is 0 Å². The summed E-state index contributed by atoms with van der Waals surface area (Å²) in [6.07, 6.45) is 3.71. The summed E-state index contributed by atoms with van der Waals surface area (Å²) in [6.45, 7) is 2.36. The molecule has 1 heterocycles. The number of aromatic nitrogens is 1. The van der Waals surface area contributed by atoms with E-state index < -0.39 is 5.97 Å². The number of nitrogens with two attached hydrogens (primary N) is 1. The highest BCUT2D eigenvalue weighted by atomic mass is 16.5. The van der Waals surface area contributed by atoms with Gasteiger partial charge in [-0.05, 0) is 25.8 Å². The molecule has 2 N–H and O–H groups in total. The van der Waals surface area contributed by atoms with Crippen LogP contribution in [0.4, 0.5) is 5.69 Å². The van der Waals surface area contributed by atoms with Gasteiger partial charge in [-0.2, -0.15) is 0 Å². The largest absolute Gasteiger partial charge is 0.451 e. The predicted octanol–water partition coefficient (Wildman–Crippen LogP) is 0.775. The topological polar surface area (TPSA) is 77.6 Å². The number of rotatable bonds is 5. The fourth-order valence-electron chi connectivity index (χ4n) is 2.10. The molecule has 0 aliphatic heterocycles. The summed E-state index contributed by atoms with van der Waals surface area (Å²) in [5, 5.41) is 0. The van der Waals surface area contributed by atoms with Gasteiger partial charge in [-0.3, -0.25) is 4.79 Å². The molecule has 0 unspecified atom stereocenters. The van der Waals surface area contributed by atoms with Gasteiger partial charge in [-0.25, -0.2) is 4.79 Å². The number of nitrogens with zero attached hydrogens (tertiary/aromatic N) is 2. The lowest BCUT2D eigenvalue weighted by Crippen LogP contribution is -2.36. The third-order valence-electron chi connectivity index (χ3n) is 3.21. The van der Waals surface area contributed by atoms with E-state index in [1.165, 1.54) is 6.07 Å². The van der Waals surface area contributed by atoms with Gasteiger partial charge < -0.3 is 19.9 Å². The Morgan fingerprint density at radius 1 is 1.53 bits per heavy atom. The molecule has 0 atom stereocenters. The second-order valence-corrected chi connectivity index (χ2v) is 4.76. The molecule has 1 fully saturated rings. The molecule has 1 aliphatic rings. The number of aryl methyl sites for hydroxylation is 1. The zero-order chi connectivity index (χ0) is 14.0. The molecule has 1 aromatic rings. The first-order chi connectivity index (χ1) is 9.02. The molecule has 6 heteroatoms. The van der Waals surface area contributed by atoms with Crippen LogP contribution in [0.1, 0.15) is 30.3 Å². The lowest BCUT2D eigenvalue weighted by Gasteiger charge is -2.19. The van der Waals surface area contributed by atoms with Gasteiger partial charge in [0.25, 0.3) is 5.91 Å². The number of esters is 1. The maximum absolute atomic E-state index is 11.9. The summed E-state index contributed by atoms with van der Waals surface area (Å²) in [6, 6.07) is 1.87. The van der Waals surface area contributed by atoms with Crippen LogP contribution in [0.5, 0.6) is 0 Å². The van der Waals surface area contributed by atoms with E-state index >= 15 is 0 Å². The summed E-state index contributed by atoms with van der Waals surface area (Å²) in [5.74, 6) is -0.667. The highest BCUT2D eigenvalue weighted by Crippen LogP contribution is 2.26. The van der Waals surface area contributed by atoms with Gasteiger partial charge >= 0.3 is 5.97 Å². The number of ether oxygens (including phenoxy) is 1.